The zero-order valence-corrected chi connectivity index (χ0v) is 19.3. The number of hydrogen-bond acceptors (Lipinski definition) is 3. The van der Waals surface area contributed by atoms with Crippen molar-refractivity contribution in [2.24, 2.45) is 29.1 Å². The number of hydrogen-bond donors (Lipinski definition) is 0. The molecule has 0 spiro atoms. The molecule has 6 aliphatic rings. The Kier molecular flexibility index (Phi) is 5.19. The molecule has 2 heterocycles. The van der Waals surface area contributed by atoms with E-state index in [1.807, 2.05) is 4.90 Å². The van der Waals surface area contributed by atoms with E-state index in [0.29, 0.717) is 49.8 Å². The predicted octanol–water partition coefficient (Wildman–Crippen LogP) is 3.20. The van der Waals surface area contributed by atoms with Crippen molar-refractivity contribution in [3.05, 3.63) is 29.8 Å². The molecule has 4 saturated carbocycles. The molecule has 4 aliphatic carbocycles. The average Bonchev–Trinajstić information content (AvgIpc) is 3.18. The van der Waals surface area contributed by atoms with E-state index in [4.69, 9.17) is 0 Å². The molecule has 1 aromatic carbocycles. The van der Waals surface area contributed by atoms with Crippen LogP contribution in [0, 0.1) is 40.7 Å². The first kappa shape index (κ1) is 22.0. The topological polar surface area (TPSA) is 60.9 Å². The van der Waals surface area contributed by atoms with E-state index in [1.54, 1.807) is 4.90 Å². The first-order chi connectivity index (χ1) is 16.3. The summed E-state index contributed by atoms with van der Waals surface area (Å²) >= 11 is 0. The lowest BCUT2D eigenvalue weighted by Gasteiger charge is -2.57. The number of piperazine rings is 1. The van der Waals surface area contributed by atoms with E-state index in [1.165, 1.54) is 30.2 Å². The summed E-state index contributed by atoms with van der Waals surface area (Å²) in [7, 11) is 0. The van der Waals surface area contributed by atoms with Gasteiger partial charge in [-0.25, -0.2) is 8.78 Å². The van der Waals surface area contributed by atoms with Gasteiger partial charge in [-0.1, -0.05) is 0 Å². The van der Waals surface area contributed by atoms with E-state index >= 15 is 0 Å². The molecule has 34 heavy (non-hydrogen) atoms. The largest absolute Gasteiger partial charge is 0.339 e. The van der Waals surface area contributed by atoms with Crippen LogP contribution in [0.3, 0.4) is 0 Å². The Balaban J connectivity index is 1.07. The van der Waals surface area contributed by atoms with Gasteiger partial charge in [-0.3, -0.25) is 14.4 Å². The van der Waals surface area contributed by atoms with Crippen molar-refractivity contribution in [3.63, 3.8) is 0 Å². The minimum Gasteiger partial charge on any atom is -0.339 e. The van der Waals surface area contributed by atoms with Gasteiger partial charge in [0.15, 0.2) is 0 Å². The lowest BCUT2D eigenvalue weighted by molar-refractivity contribution is -0.161. The average molecular weight is 472 g/mol. The van der Waals surface area contributed by atoms with Crippen LogP contribution in [-0.2, 0) is 14.4 Å². The molecule has 2 aliphatic heterocycles. The zero-order chi connectivity index (χ0) is 23.6. The Morgan fingerprint density at radius 3 is 2.06 bits per heavy atom. The number of rotatable bonds is 3. The van der Waals surface area contributed by atoms with Gasteiger partial charge in [0.25, 0.3) is 0 Å². The fraction of sp³-hybridized carbons (Fsp3) is 0.654. The molecule has 7 rings (SSSR count). The van der Waals surface area contributed by atoms with Crippen LogP contribution in [0.2, 0.25) is 0 Å². The summed E-state index contributed by atoms with van der Waals surface area (Å²) in [6, 6.07) is 3.10. The summed E-state index contributed by atoms with van der Waals surface area (Å²) in [6.45, 7) is 2.08. The summed E-state index contributed by atoms with van der Waals surface area (Å²) in [4.78, 5) is 44.2. The Morgan fingerprint density at radius 1 is 0.882 bits per heavy atom. The highest BCUT2D eigenvalue weighted by atomic mass is 19.1. The van der Waals surface area contributed by atoms with Crippen molar-refractivity contribution in [3.8, 4) is 0 Å². The van der Waals surface area contributed by atoms with E-state index in [2.05, 4.69) is 0 Å². The van der Waals surface area contributed by atoms with Crippen molar-refractivity contribution in [1.82, 2.24) is 9.80 Å². The Labute approximate surface area is 198 Å². The molecule has 1 unspecified atom stereocenters. The highest BCUT2D eigenvalue weighted by molar-refractivity contribution is 6.00. The maximum atomic E-state index is 14.2. The van der Waals surface area contributed by atoms with Crippen molar-refractivity contribution in [2.75, 3.05) is 37.6 Å². The molecule has 4 bridgehead atoms. The van der Waals surface area contributed by atoms with Gasteiger partial charge in [-0.15, -0.1) is 0 Å². The summed E-state index contributed by atoms with van der Waals surface area (Å²) in [5.41, 5.74) is -0.161. The minimum absolute atomic E-state index is 0.00712. The van der Waals surface area contributed by atoms with Gasteiger partial charge in [0.1, 0.15) is 11.6 Å². The predicted molar refractivity (Wildman–Crippen MR) is 121 cm³/mol. The molecule has 6 nitrogen and oxygen atoms in total. The first-order valence-corrected chi connectivity index (χ1v) is 12.6. The number of nitrogens with zero attached hydrogens (tertiary/aromatic N) is 3. The van der Waals surface area contributed by atoms with Crippen LogP contribution in [-0.4, -0.2) is 60.2 Å². The van der Waals surface area contributed by atoms with Crippen LogP contribution in [0.1, 0.15) is 44.9 Å². The second kappa shape index (κ2) is 8.02. The fourth-order valence-corrected chi connectivity index (χ4v) is 7.90. The third-order valence-corrected chi connectivity index (χ3v) is 9.05. The van der Waals surface area contributed by atoms with Gasteiger partial charge in [0.2, 0.25) is 17.7 Å². The SMILES string of the molecule is O=C(C1CC(=O)N(c2ccc(F)cc2F)C1)N1CCN(C(=O)C23CC4CC(CC(C4)C2)C3)CC1. The molecule has 8 heteroatoms. The van der Waals surface area contributed by atoms with Crippen LogP contribution in [0.25, 0.3) is 0 Å². The second-order valence-corrected chi connectivity index (χ2v) is 11.3. The fourth-order valence-electron chi connectivity index (χ4n) is 7.90. The maximum Gasteiger partial charge on any atom is 0.228 e. The number of halogens is 2. The quantitative estimate of drug-likeness (QED) is 0.680. The molecule has 182 valence electrons. The molecule has 0 N–H and O–H groups in total. The Morgan fingerprint density at radius 2 is 1.47 bits per heavy atom. The van der Waals surface area contributed by atoms with Gasteiger partial charge in [-0.05, 0) is 68.4 Å². The molecule has 3 amide bonds. The smallest absolute Gasteiger partial charge is 0.228 e. The second-order valence-electron chi connectivity index (χ2n) is 11.3. The minimum atomic E-state index is -0.807. The standard InChI is InChI=1S/C26H31F2N3O3/c27-20-1-2-22(21(28)11-20)31-15-19(10-23(31)32)24(33)29-3-5-30(6-4-29)25(34)26-12-16-7-17(13-26)9-18(8-16)14-26/h1-2,11,16-19H,3-10,12-15H2. The molecule has 0 aromatic heterocycles. The number of benzene rings is 1. The van der Waals surface area contributed by atoms with E-state index in [-0.39, 0.29) is 35.9 Å². The summed E-state index contributed by atoms with van der Waals surface area (Å²) < 4.78 is 27.4. The van der Waals surface area contributed by atoms with Gasteiger partial charge in [0.05, 0.1) is 17.0 Å². The lowest BCUT2D eigenvalue weighted by atomic mass is 9.49. The number of amides is 3. The lowest BCUT2D eigenvalue weighted by Crippen LogP contribution is -2.59. The van der Waals surface area contributed by atoms with E-state index in [9.17, 15) is 23.2 Å². The highest BCUT2D eigenvalue weighted by Gasteiger charge is 2.55. The summed E-state index contributed by atoms with van der Waals surface area (Å²) in [5, 5.41) is 0. The highest BCUT2D eigenvalue weighted by Crippen LogP contribution is 2.60. The van der Waals surface area contributed by atoms with E-state index in [0.717, 1.165) is 31.4 Å². The Bertz CT molecular complexity index is 1000. The molecule has 2 saturated heterocycles. The van der Waals surface area contributed by atoms with Crippen molar-refractivity contribution in [1.29, 1.82) is 0 Å². The van der Waals surface area contributed by atoms with Crippen molar-refractivity contribution < 1.29 is 23.2 Å². The monoisotopic (exact) mass is 471 g/mol. The van der Waals surface area contributed by atoms with E-state index < -0.39 is 17.6 Å². The third kappa shape index (κ3) is 3.60. The van der Waals surface area contributed by atoms with Gasteiger partial charge >= 0.3 is 0 Å². The molecular formula is C26H31F2N3O3. The first-order valence-electron chi connectivity index (χ1n) is 12.6. The molecule has 1 atom stereocenters. The molecule has 6 fully saturated rings. The number of carbonyl (C=O) groups excluding carboxylic acids is 3. The summed E-state index contributed by atoms with van der Waals surface area (Å²) in [5.74, 6) is -0.0832. The van der Waals surface area contributed by atoms with Crippen LogP contribution in [0.4, 0.5) is 14.5 Å². The maximum absolute atomic E-state index is 14.2. The zero-order valence-electron chi connectivity index (χ0n) is 19.3. The summed E-state index contributed by atoms with van der Waals surface area (Å²) in [6.07, 6.45) is 7.03. The Hall–Kier alpha value is -2.51. The van der Waals surface area contributed by atoms with Crippen LogP contribution < -0.4 is 4.90 Å². The van der Waals surface area contributed by atoms with Crippen LogP contribution in [0.15, 0.2) is 18.2 Å². The molecular weight excluding hydrogens is 440 g/mol. The van der Waals surface area contributed by atoms with Gasteiger partial charge < -0.3 is 14.7 Å². The van der Waals surface area contributed by atoms with Crippen LogP contribution >= 0.6 is 0 Å². The van der Waals surface area contributed by atoms with Gasteiger partial charge in [0, 0.05) is 45.2 Å². The normalized spacial score (nSPS) is 34.8. The van der Waals surface area contributed by atoms with Crippen molar-refractivity contribution in [2.45, 2.75) is 44.9 Å². The number of anilines is 1. The number of carbonyl (C=O) groups is 3. The van der Waals surface area contributed by atoms with Crippen molar-refractivity contribution >= 4 is 23.4 Å². The van der Waals surface area contributed by atoms with Gasteiger partial charge in [-0.2, -0.15) is 0 Å². The van der Waals surface area contributed by atoms with Crippen LogP contribution in [0.5, 0.6) is 0 Å². The third-order valence-electron chi connectivity index (χ3n) is 9.05. The molecule has 0 radical (unpaired) electrons. The molecule has 1 aromatic rings.